The van der Waals surface area contributed by atoms with Crippen molar-refractivity contribution >= 4 is 0 Å². The Morgan fingerprint density at radius 2 is 2.25 bits per heavy atom. The summed E-state index contributed by atoms with van der Waals surface area (Å²) in [5.41, 5.74) is 1.98. The number of aliphatic hydroxyl groups is 1. The molecule has 0 saturated carbocycles. The van der Waals surface area contributed by atoms with Gasteiger partial charge in [-0.05, 0) is 39.0 Å². The fraction of sp³-hybridized carbons (Fsp3) is 0.600. The summed E-state index contributed by atoms with van der Waals surface area (Å²) >= 11 is 0. The van der Waals surface area contributed by atoms with E-state index in [-0.39, 0.29) is 0 Å². The van der Waals surface area contributed by atoms with Crippen molar-refractivity contribution in [3.05, 3.63) is 36.5 Å². The molecule has 3 atom stereocenters. The van der Waals surface area contributed by atoms with Gasteiger partial charge in [0.25, 0.3) is 0 Å². The molecular formula is C15H24O. The second kappa shape index (κ2) is 5.01. The highest BCUT2D eigenvalue weighted by Crippen LogP contribution is 2.36. The fourth-order valence-electron chi connectivity index (χ4n) is 2.24. The van der Waals surface area contributed by atoms with Gasteiger partial charge in [-0.15, -0.1) is 6.58 Å². The maximum absolute atomic E-state index is 9.93. The van der Waals surface area contributed by atoms with E-state index >= 15 is 0 Å². The van der Waals surface area contributed by atoms with Gasteiger partial charge in [-0.3, -0.25) is 0 Å². The number of allylic oxidation sites excluding steroid dienone is 3. The molecule has 1 heteroatoms. The normalized spacial score (nSPS) is 29.5. The van der Waals surface area contributed by atoms with E-state index in [0.29, 0.717) is 11.8 Å². The first-order chi connectivity index (χ1) is 7.37. The second-order valence-electron chi connectivity index (χ2n) is 5.31. The third-order valence-electron chi connectivity index (χ3n) is 3.80. The van der Waals surface area contributed by atoms with Gasteiger partial charge in [0.2, 0.25) is 0 Å². The fourth-order valence-corrected chi connectivity index (χ4v) is 2.24. The van der Waals surface area contributed by atoms with Crippen molar-refractivity contribution in [2.24, 2.45) is 11.8 Å². The van der Waals surface area contributed by atoms with Gasteiger partial charge in [0.1, 0.15) is 0 Å². The minimum absolute atomic E-state index is 0.440. The average Bonchev–Trinajstić information content (AvgIpc) is 2.24. The highest BCUT2D eigenvalue weighted by molar-refractivity contribution is 5.24. The van der Waals surface area contributed by atoms with Gasteiger partial charge in [0.05, 0.1) is 5.60 Å². The SMILES string of the molecule is C=CC(C)(O)CCC1C(=C)C(C)CC=C1C. The van der Waals surface area contributed by atoms with Crippen molar-refractivity contribution < 1.29 is 5.11 Å². The molecule has 0 bridgehead atoms. The van der Waals surface area contributed by atoms with Gasteiger partial charge in [0.15, 0.2) is 0 Å². The van der Waals surface area contributed by atoms with E-state index in [1.807, 2.05) is 6.92 Å². The average molecular weight is 220 g/mol. The van der Waals surface area contributed by atoms with E-state index in [1.165, 1.54) is 11.1 Å². The van der Waals surface area contributed by atoms with Gasteiger partial charge in [-0.1, -0.05) is 36.8 Å². The van der Waals surface area contributed by atoms with E-state index in [4.69, 9.17) is 0 Å². The van der Waals surface area contributed by atoms with Crippen LogP contribution in [-0.4, -0.2) is 10.7 Å². The maximum Gasteiger partial charge on any atom is 0.0797 e. The highest BCUT2D eigenvalue weighted by atomic mass is 16.3. The highest BCUT2D eigenvalue weighted by Gasteiger charge is 2.25. The van der Waals surface area contributed by atoms with E-state index in [2.05, 4.69) is 33.1 Å². The molecule has 1 aliphatic carbocycles. The summed E-state index contributed by atoms with van der Waals surface area (Å²) in [5.74, 6) is 1.01. The summed E-state index contributed by atoms with van der Waals surface area (Å²) in [5, 5.41) is 9.93. The van der Waals surface area contributed by atoms with Crippen LogP contribution >= 0.6 is 0 Å². The van der Waals surface area contributed by atoms with E-state index in [1.54, 1.807) is 6.08 Å². The predicted molar refractivity (Wildman–Crippen MR) is 70.2 cm³/mol. The molecule has 0 radical (unpaired) electrons. The molecule has 0 aliphatic heterocycles. The van der Waals surface area contributed by atoms with Crippen LogP contribution in [0.5, 0.6) is 0 Å². The molecule has 16 heavy (non-hydrogen) atoms. The summed E-state index contributed by atoms with van der Waals surface area (Å²) in [4.78, 5) is 0. The Kier molecular flexibility index (Phi) is 4.15. The molecule has 90 valence electrons. The Hall–Kier alpha value is -0.820. The van der Waals surface area contributed by atoms with E-state index < -0.39 is 5.60 Å². The van der Waals surface area contributed by atoms with Crippen molar-refractivity contribution in [1.82, 2.24) is 0 Å². The Morgan fingerprint density at radius 3 is 2.81 bits per heavy atom. The molecule has 0 aromatic carbocycles. The second-order valence-corrected chi connectivity index (χ2v) is 5.31. The quantitative estimate of drug-likeness (QED) is 0.713. The number of hydrogen-bond donors (Lipinski definition) is 1. The van der Waals surface area contributed by atoms with E-state index in [0.717, 1.165) is 19.3 Å². The first-order valence-electron chi connectivity index (χ1n) is 6.08. The topological polar surface area (TPSA) is 20.2 Å². The predicted octanol–water partition coefficient (Wildman–Crippen LogP) is 3.86. The number of rotatable bonds is 4. The summed E-state index contributed by atoms with van der Waals surface area (Å²) in [6.45, 7) is 14.1. The Morgan fingerprint density at radius 1 is 1.62 bits per heavy atom. The lowest BCUT2D eigenvalue weighted by Gasteiger charge is -2.31. The molecule has 0 aromatic heterocycles. The Bertz CT molecular complexity index is 309. The molecule has 1 rings (SSSR count). The molecule has 1 nitrogen and oxygen atoms in total. The van der Waals surface area contributed by atoms with Crippen molar-refractivity contribution in [1.29, 1.82) is 0 Å². The van der Waals surface area contributed by atoms with Crippen LogP contribution in [0.25, 0.3) is 0 Å². The van der Waals surface area contributed by atoms with Crippen molar-refractivity contribution in [3.8, 4) is 0 Å². The smallest absolute Gasteiger partial charge is 0.0797 e. The van der Waals surface area contributed by atoms with Crippen LogP contribution in [0.3, 0.4) is 0 Å². The lowest BCUT2D eigenvalue weighted by atomic mass is 9.75. The summed E-state index contributed by atoms with van der Waals surface area (Å²) in [6.07, 6.45) is 6.76. The van der Waals surface area contributed by atoms with Crippen molar-refractivity contribution in [3.63, 3.8) is 0 Å². The van der Waals surface area contributed by atoms with Crippen LogP contribution < -0.4 is 0 Å². The Labute approximate surface area is 99.6 Å². The van der Waals surface area contributed by atoms with Gasteiger partial charge < -0.3 is 5.11 Å². The molecular weight excluding hydrogens is 196 g/mol. The molecule has 0 fully saturated rings. The minimum atomic E-state index is -0.749. The monoisotopic (exact) mass is 220 g/mol. The van der Waals surface area contributed by atoms with Crippen LogP contribution in [0.1, 0.15) is 40.0 Å². The van der Waals surface area contributed by atoms with Crippen LogP contribution in [-0.2, 0) is 0 Å². The van der Waals surface area contributed by atoms with Gasteiger partial charge in [-0.2, -0.15) is 0 Å². The van der Waals surface area contributed by atoms with E-state index in [9.17, 15) is 5.11 Å². The number of hydrogen-bond acceptors (Lipinski definition) is 1. The standard InChI is InChI=1S/C15H24O/c1-6-15(5,16)10-9-14-12(3)8-7-11(2)13(14)4/h6,8,11,14,16H,1,4,7,9-10H2,2-3,5H3. The first-order valence-corrected chi connectivity index (χ1v) is 6.08. The summed E-state index contributed by atoms with van der Waals surface area (Å²) in [6, 6.07) is 0. The molecule has 1 N–H and O–H groups in total. The minimum Gasteiger partial charge on any atom is -0.386 e. The van der Waals surface area contributed by atoms with Gasteiger partial charge in [-0.25, -0.2) is 0 Å². The lowest BCUT2D eigenvalue weighted by molar-refractivity contribution is 0.0964. The molecule has 3 unspecified atom stereocenters. The third kappa shape index (κ3) is 3.08. The molecule has 1 aliphatic rings. The van der Waals surface area contributed by atoms with Crippen LogP contribution in [0.2, 0.25) is 0 Å². The zero-order valence-corrected chi connectivity index (χ0v) is 10.8. The van der Waals surface area contributed by atoms with Crippen molar-refractivity contribution in [2.75, 3.05) is 0 Å². The first kappa shape index (κ1) is 13.2. The largest absolute Gasteiger partial charge is 0.386 e. The van der Waals surface area contributed by atoms with Gasteiger partial charge in [0, 0.05) is 5.92 Å². The van der Waals surface area contributed by atoms with Crippen LogP contribution in [0, 0.1) is 11.8 Å². The van der Waals surface area contributed by atoms with Gasteiger partial charge >= 0.3 is 0 Å². The molecule has 0 amide bonds. The lowest BCUT2D eigenvalue weighted by Crippen LogP contribution is -2.24. The summed E-state index contributed by atoms with van der Waals surface area (Å²) in [7, 11) is 0. The molecule has 0 saturated heterocycles. The van der Waals surface area contributed by atoms with Crippen LogP contribution in [0.4, 0.5) is 0 Å². The Balaban J connectivity index is 2.66. The summed E-state index contributed by atoms with van der Waals surface area (Å²) < 4.78 is 0. The van der Waals surface area contributed by atoms with Crippen molar-refractivity contribution in [2.45, 2.75) is 45.6 Å². The molecule has 0 heterocycles. The maximum atomic E-state index is 9.93. The zero-order chi connectivity index (χ0) is 12.3. The zero-order valence-electron chi connectivity index (χ0n) is 10.8. The third-order valence-corrected chi connectivity index (χ3v) is 3.80. The molecule has 0 aromatic rings. The van der Waals surface area contributed by atoms with Crippen LogP contribution in [0.15, 0.2) is 36.5 Å². The molecule has 0 spiro atoms.